The van der Waals surface area contributed by atoms with Crippen molar-refractivity contribution in [1.29, 1.82) is 5.26 Å². The van der Waals surface area contributed by atoms with Crippen LogP contribution in [-0.2, 0) is 0 Å². The number of H-pyrrole nitrogens is 1. The minimum atomic E-state index is 0.139. The highest BCUT2D eigenvalue weighted by molar-refractivity contribution is 5.97. The molecule has 4 rings (SSSR count). The van der Waals surface area contributed by atoms with Gasteiger partial charge in [0.2, 0.25) is 5.88 Å². The lowest BCUT2D eigenvalue weighted by molar-refractivity contribution is 0.209. The molecular formula is C19H19N5O. The second-order valence-corrected chi connectivity index (χ2v) is 6.47. The predicted molar refractivity (Wildman–Crippen MR) is 95.3 cm³/mol. The van der Waals surface area contributed by atoms with E-state index in [1.165, 1.54) is 0 Å². The number of hydrogen-bond donors (Lipinski definition) is 2. The molecule has 1 fully saturated rings. The molecule has 0 spiro atoms. The fraction of sp³-hybridized carbons (Fsp3) is 0.316. The highest BCUT2D eigenvalue weighted by Crippen LogP contribution is 2.30. The SMILES string of the molecule is Cc1nc(-c2c[nH]c3c(C#N)cccc23)cnc1O[C@H]1CN[C@@H](C)C1. The van der Waals surface area contributed by atoms with Gasteiger partial charge in [-0.2, -0.15) is 5.26 Å². The third-order valence-electron chi connectivity index (χ3n) is 4.60. The second kappa shape index (κ2) is 6.19. The number of nitrogens with one attached hydrogen (secondary N) is 2. The minimum absolute atomic E-state index is 0.139. The molecule has 2 aromatic heterocycles. The van der Waals surface area contributed by atoms with E-state index in [0.29, 0.717) is 17.5 Å². The van der Waals surface area contributed by atoms with Crippen LogP contribution in [0.2, 0.25) is 0 Å². The molecule has 1 aliphatic heterocycles. The molecule has 1 aromatic carbocycles. The van der Waals surface area contributed by atoms with Gasteiger partial charge >= 0.3 is 0 Å². The fourth-order valence-electron chi connectivity index (χ4n) is 3.32. The molecule has 0 saturated carbocycles. The maximum Gasteiger partial charge on any atom is 0.235 e. The number of para-hydroxylation sites is 1. The van der Waals surface area contributed by atoms with Gasteiger partial charge in [-0.05, 0) is 19.9 Å². The van der Waals surface area contributed by atoms with Gasteiger partial charge < -0.3 is 15.0 Å². The van der Waals surface area contributed by atoms with Crippen LogP contribution in [-0.4, -0.2) is 33.6 Å². The van der Waals surface area contributed by atoms with Crippen molar-refractivity contribution in [3.05, 3.63) is 41.9 Å². The van der Waals surface area contributed by atoms with Crippen LogP contribution in [0.15, 0.2) is 30.6 Å². The maximum atomic E-state index is 9.23. The van der Waals surface area contributed by atoms with Crippen molar-refractivity contribution >= 4 is 10.9 Å². The average Bonchev–Trinajstić information content (AvgIpc) is 3.22. The Morgan fingerprint density at radius 2 is 2.24 bits per heavy atom. The molecule has 0 amide bonds. The summed E-state index contributed by atoms with van der Waals surface area (Å²) in [5.74, 6) is 0.585. The van der Waals surface area contributed by atoms with Crippen molar-refractivity contribution in [3.63, 3.8) is 0 Å². The number of aryl methyl sites for hydroxylation is 1. The van der Waals surface area contributed by atoms with Gasteiger partial charge in [0.1, 0.15) is 17.9 Å². The Morgan fingerprint density at radius 1 is 1.36 bits per heavy atom. The van der Waals surface area contributed by atoms with E-state index in [4.69, 9.17) is 4.74 Å². The smallest absolute Gasteiger partial charge is 0.235 e. The van der Waals surface area contributed by atoms with Gasteiger partial charge in [-0.1, -0.05) is 12.1 Å². The summed E-state index contributed by atoms with van der Waals surface area (Å²) in [7, 11) is 0. The zero-order chi connectivity index (χ0) is 17.4. The summed E-state index contributed by atoms with van der Waals surface area (Å²) in [6.07, 6.45) is 4.72. The Bertz CT molecular complexity index is 972. The van der Waals surface area contributed by atoms with Crippen LogP contribution in [0, 0.1) is 18.3 Å². The first-order valence-electron chi connectivity index (χ1n) is 8.40. The Hall–Kier alpha value is -2.91. The molecule has 6 heteroatoms. The van der Waals surface area contributed by atoms with E-state index in [1.54, 1.807) is 12.3 Å². The van der Waals surface area contributed by atoms with Crippen molar-refractivity contribution < 1.29 is 4.74 Å². The highest BCUT2D eigenvalue weighted by atomic mass is 16.5. The number of aromatic amines is 1. The summed E-state index contributed by atoms with van der Waals surface area (Å²) in [5, 5.41) is 13.6. The maximum absolute atomic E-state index is 9.23. The number of hydrogen-bond acceptors (Lipinski definition) is 5. The summed E-state index contributed by atoms with van der Waals surface area (Å²) in [4.78, 5) is 12.3. The third-order valence-corrected chi connectivity index (χ3v) is 4.60. The Morgan fingerprint density at radius 3 is 2.96 bits per heavy atom. The third kappa shape index (κ3) is 2.83. The number of nitrogens with zero attached hydrogens (tertiary/aromatic N) is 3. The minimum Gasteiger partial charge on any atom is -0.472 e. The van der Waals surface area contributed by atoms with E-state index in [1.807, 2.05) is 25.3 Å². The highest BCUT2D eigenvalue weighted by Gasteiger charge is 2.23. The van der Waals surface area contributed by atoms with Gasteiger partial charge in [-0.25, -0.2) is 9.97 Å². The number of rotatable bonds is 3. The lowest BCUT2D eigenvalue weighted by atomic mass is 10.1. The van der Waals surface area contributed by atoms with Crippen LogP contribution >= 0.6 is 0 Å². The molecule has 0 unspecified atom stereocenters. The normalized spacial score (nSPS) is 19.9. The average molecular weight is 333 g/mol. The molecule has 2 N–H and O–H groups in total. The van der Waals surface area contributed by atoms with Crippen LogP contribution < -0.4 is 10.1 Å². The van der Waals surface area contributed by atoms with Gasteiger partial charge in [0.05, 0.1) is 23.0 Å². The Labute approximate surface area is 145 Å². The van der Waals surface area contributed by atoms with Crippen LogP contribution in [0.25, 0.3) is 22.2 Å². The molecule has 126 valence electrons. The zero-order valence-electron chi connectivity index (χ0n) is 14.2. The van der Waals surface area contributed by atoms with Crippen LogP contribution in [0.5, 0.6) is 5.88 Å². The molecular weight excluding hydrogens is 314 g/mol. The molecule has 0 aliphatic carbocycles. The van der Waals surface area contributed by atoms with E-state index >= 15 is 0 Å². The first kappa shape index (κ1) is 15.6. The molecule has 2 atom stereocenters. The molecule has 1 saturated heterocycles. The molecule has 3 heterocycles. The van der Waals surface area contributed by atoms with Crippen LogP contribution in [0.4, 0.5) is 0 Å². The fourth-order valence-corrected chi connectivity index (χ4v) is 3.32. The van der Waals surface area contributed by atoms with E-state index in [0.717, 1.165) is 40.8 Å². The summed E-state index contributed by atoms with van der Waals surface area (Å²) < 4.78 is 5.99. The summed E-state index contributed by atoms with van der Waals surface area (Å²) >= 11 is 0. The number of aromatic nitrogens is 3. The summed E-state index contributed by atoms with van der Waals surface area (Å²) in [5.41, 5.74) is 3.92. The van der Waals surface area contributed by atoms with Crippen molar-refractivity contribution in [2.45, 2.75) is 32.4 Å². The van der Waals surface area contributed by atoms with E-state index in [2.05, 4.69) is 33.3 Å². The van der Waals surface area contributed by atoms with E-state index < -0.39 is 0 Å². The van der Waals surface area contributed by atoms with E-state index in [-0.39, 0.29) is 6.10 Å². The Kier molecular flexibility index (Phi) is 3.86. The van der Waals surface area contributed by atoms with Gasteiger partial charge in [0, 0.05) is 36.2 Å². The van der Waals surface area contributed by atoms with Crippen molar-refractivity contribution in [3.8, 4) is 23.2 Å². The molecule has 25 heavy (non-hydrogen) atoms. The number of nitriles is 1. The van der Waals surface area contributed by atoms with Gasteiger partial charge in [0.25, 0.3) is 0 Å². The number of ether oxygens (including phenoxy) is 1. The van der Waals surface area contributed by atoms with Crippen LogP contribution in [0.1, 0.15) is 24.6 Å². The summed E-state index contributed by atoms with van der Waals surface area (Å²) in [6.45, 7) is 4.90. The first-order chi connectivity index (χ1) is 12.2. The Balaban J connectivity index is 1.66. The zero-order valence-corrected chi connectivity index (χ0v) is 14.2. The van der Waals surface area contributed by atoms with Crippen molar-refractivity contribution in [2.75, 3.05) is 6.54 Å². The number of benzene rings is 1. The molecule has 0 bridgehead atoms. The quantitative estimate of drug-likeness (QED) is 0.769. The van der Waals surface area contributed by atoms with Gasteiger partial charge in [-0.15, -0.1) is 0 Å². The second-order valence-electron chi connectivity index (χ2n) is 6.47. The standard InChI is InChI=1S/C19H19N5O/c1-11-6-14(8-21-11)25-19-12(2)24-17(10-23-19)16-9-22-18-13(7-20)4-3-5-15(16)18/h3-5,9-11,14,21-22H,6,8H2,1-2H3/t11-,14+/m0/s1. The molecule has 6 nitrogen and oxygen atoms in total. The predicted octanol–water partition coefficient (Wildman–Crippen LogP) is 2.93. The first-order valence-corrected chi connectivity index (χ1v) is 8.40. The van der Waals surface area contributed by atoms with Gasteiger partial charge in [0.15, 0.2) is 0 Å². The summed E-state index contributed by atoms with van der Waals surface area (Å²) in [6, 6.07) is 8.34. The largest absolute Gasteiger partial charge is 0.472 e. The topological polar surface area (TPSA) is 86.6 Å². The lowest BCUT2D eigenvalue weighted by Crippen LogP contribution is -2.21. The molecule has 1 aliphatic rings. The monoisotopic (exact) mass is 333 g/mol. The lowest BCUT2D eigenvalue weighted by Gasteiger charge is -2.13. The molecule has 0 radical (unpaired) electrons. The van der Waals surface area contributed by atoms with E-state index in [9.17, 15) is 5.26 Å². The number of fused-ring (bicyclic) bond motifs is 1. The van der Waals surface area contributed by atoms with Crippen LogP contribution in [0.3, 0.4) is 0 Å². The van der Waals surface area contributed by atoms with Crippen molar-refractivity contribution in [1.82, 2.24) is 20.3 Å². The molecule has 3 aromatic rings. The van der Waals surface area contributed by atoms with Crippen molar-refractivity contribution in [2.24, 2.45) is 0 Å². The van der Waals surface area contributed by atoms with Gasteiger partial charge in [-0.3, -0.25) is 0 Å².